The highest BCUT2D eigenvalue weighted by molar-refractivity contribution is 5.87. The van der Waals surface area contributed by atoms with Crippen LogP contribution in [0, 0.1) is 25.5 Å². The smallest absolute Gasteiger partial charge is 0.381 e. The Labute approximate surface area is 168 Å². The molecular weight excluding hydrogens is 407 g/mol. The van der Waals surface area contributed by atoms with Crippen molar-refractivity contribution in [1.82, 2.24) is 19.9 Å². The quantitative estimate of drug-likeness (QED) is 0.548. The maximum atomic E-state index is 14.7. The van der Waals surface area contributed by atoms with Gasteiger partial charge in [0, 0.05) is 30.8 Å². The first-order chi connectivity index (χ1) is 14.1. The first-order valence-corrected chi connectivity index (χ1v) is 9.32. The van der Waals surface area contributed by atoms with Crippen LogP contribution in [-0.4, -0.2) is 33.1 Å². The molecule has 1 aromatic carbocycles. The molecule has 0 radical (unpaired) electrons. The molecule has 0 saturated carbocycles. The van der Waals surface area contributed by atoms with Crippen molar-refractivity contribution in [3.63, 3.8) is 0 Å². The lowest BCUT2D eigenvalue weighted by Crippen LogP contribution is -2.17. The molecule has 158 valence electrons. The fraction of sp³-hybridized carbons (Fsp3) is 0.400. The standard InChI is InChI=1S/C20H17F5N4O/c1-9-10(2)27-19-17(26-9)16(28-18(29-19)11-3-5-30-6-4-11)12-7-13(20(23,24)25)15(22)8-14(12)21/h7-8,11H,3-6H2,1-2H3. The Morgan fingerprint density at radius 2 is 1.57 bits per heavy atom. The second kappa shape index (κ2) is 7.50. The highest BCUT2D eigenvalue weighted by atomic mass is 19.4. The maximum absolute atomic E-state index is 14.7. The van der Waals surface area contributed by atoms with Gasteiger partial charge in [0.1, 0.15) is 28.7 Å². The fourth-order valence-corrected chi connectivity index (χ4v) is 3.40. The predicted molar refractivity (Wildman–Crippen MR) is 97.8 cm³/mol. The molecule has 30 heavy (non-hydrogen) atoms. The zero-order valence-corrected chi connectivity index (χ0v) is 16.1. The van der Waals surface area contributed by atoms with Crippen molar-refractivity contribution in [3.8, 4) is 11.3 Å². The van der Waals surface area contributed by atoms with Crippen LogP contribution in [0.5, 0.6) is 0 Å². The minimum absolute atomic E-state index is 0.0625. The summed E-state index contributed by atoms with van der Waals surface area (Å²) in [6.45, 7) is 4.37. The van der Waals surface area contributed by atoms with E-state index in [0.717, 1.165) is 0 Å². The lowest BCUT2D eigenvalue weighted by Gasteiger charge is -2.21. The van der Waals surface area contributed by atoms with Crippen LogP contribution < -0.4 is 0 Å². The molecule has 0 unspecified atom stereocenters. The van der Waals surface area contributed by atoms with E-state index < -0.39 is 28.9 Å². The maximum Gasteiger partial charge on any atom is 0.419 e. The molecule has 4 rings (SSSR count). The summed E-state index contributed by atoms with van der Waals surface area (Å²) in [6, 6.07) is 0.645. The number of rotatable bonds is 2. The summed E-state index contributed by atoms with van der Waals surface area (Å²) >= 11 is 0. The van der Waals surface area contributed by atoms with Crippen molar-refractivity contribution in [2.45, 2.75) is 38.8 Å². The average molecular weight is 424 g/mol. The van der Waals surface area contributed by atoms with E-state index in [1.807, 2.05) is 0 Å². The molecule has 3 heterocycles. The number of benzene rings is 1. The SMILES string of the molecule is Cc1nc2nc(C3CCOCC3)nc(-c3cc(C(F)(F)F)c(F)cc3F)c2nc1C. The van der Waals surface area contributed by atoms with Crippen LogP contribution in [0.15, 0.2) is 12.1 Å². The van der Waals surface area contributed by atoms with Gasteiger partial charge in [0.2, 0.25) is 0 Å². The summed E-state index contributed by atoms with van der Waals surface area (Å²) in [7, 11) is 0. The Morgan fingerprint density at radius 1 is 0.900 bits per heavy atom. The van der Waals surface area contributed by atoms with E-state index in [2.05, 4.69) is 19.9 Å². The van der Waals surface area contributed by atoms with E-state index in [4.69, 9.17) is 4.74 Å². The number of aromatic nitrogens is 4. The monoisotopic (exact) mass is 424 g/mol. The third-order valence-corrected chi connectivity index (χ3v) is 5.16. The number of nitrogens with zero attached hydrogens (tertiary/aromatic N) is 4. The van der Waals surface area contributed by atoms with Crippen molar-refractivity contribution in [1.29, 1.82) is 0 Å². The van der Waals surface area contributed by atoms with E-state index in [1.165, 1.54) is 0 Å². The second-order valence-corrected chi connectivity index (χ2v) is 7.19. The molecule has 0 bridgehead atoms. The minimum Gasteiger partial charge on any atom is -0.381 e. The van der Waals surface area contributed by atoms with Gasteiger partial charge in [0.25, 0.3) is 0 Å². The minimum atomic E-state index is -4.99. The summed E-state index contributed by atoms with van der Waals surface area (Å²) in [5.41, 5.74) is -0.906. The van der Waals surface area contributed by atoms with Gasteiger partial charge in [0.05, 0.1) is 17.0 Å². The number of fused-ring (bicyclic) bond motifs is 1. The Hall–Kier alpha value is -2.75. The molecule has 10 heteroatoms. The first-order valence-electron chi connectivity index (χ1n) is 9.32. The number of halogens is 5. The molecule has 1 saturated heterocycles. The van der Waals surface area contributed by atoms with Gasteiger partial charge in [0.15, 0.2) is 5.65 Å². The van der Waals surface area contributed by atoms with E-state index in [0.29, 0.717) is 49.3 Å². The fourth-order valence-electron chi connectivity index (χ4n) is 3.40. The van der Waals surface area contributed by atoms with Gasteiger partial charge >= 0.3 is 6.18 Å². The Balaban J connectivity index is 2.00. The van der Waals surface area contributed by atoms with E-state index in [1.54, 1.807) is 13.8 Å². The van der Waals surface area contributed by atoms with Crippen molar-refractivity contribution < 1.29 is 26.7 Å². The largest absolute Gasteiger partial charge is 0.419 e. The number of hydrogen-bond donors (Lipinski definition) is 0. The van der Waals surface area contributed by atoms with Gasteiger partial charge in [-0.05, 0) is 32.8 Å². The molecule has 0 amide bonds. The van der Waals surface area contributed by atoms with Crippen LogP contribution in [0.2, 0.25) is 0 Å². The normalized spacial score (nSPS) is 15.7. The third-order valence-electron chi connectivity index (χ3n) is 5.16. The topological polar surface area (TPSA) is 60.8 Å². The second-order valence-electron chi connectivity index (χ2n) is 7.19. The molecule has 0 N–H and O–H groups in total. The Kier molecular flexibility index (Phi) is 5.13. The van der Waals surface area contributed by atoms with Gasteiger partial charge < -0.3 is 4.74 Å². The van der Waals surface area contributed by atoms with Crippen molar-refractivity contribution >= 4 is 11.2 Å². The van der Waals surface area contributed by atoms with Gasteiger partial charge in [-0.1, -0.05) is 0 Å². The lowest BCUT2D eigenvalue weighted by molar-refractivity contribution is -0.140. The van der Waals surface area contributed by atoms with E-state index in [-0.39, 0.29) is 28.8 Å². The van der Waals surface area contributed by atoms with Crippen molar-refractivity contribution in [3.05, 3.63) is 46.5 Å². The molecule has 2 aromatic heterocycles. The molecule has 0 aliphatic carbocycles. The molecule has 3 aromatic rings. The molecular formula is C20H17F5N4O. The predicted octanol–water partition coefficient (Wildman–Crippen LogP) is 4.89. The Bertz CT molecular complexity index is 1130. The van der Waals surface area contributed by atoms with Crippen LogP contribution in [0.25, 0.3) is 22.4 Å². The highest BCUT2D eigenvalue weighted by Crippen LogP contribution is 2.37. The molecule has 0 atom stereocenters. The van der Waals surface area contributed by atoms with E-state index >= 15 is 0 Å². The zero-order valence-electron chi connectivity index (χ0n) is 16.1. The third kappa shape index (κ3) is 3.71. The summed E-state index contributed by atoms with van der Waals surface area (Å²) in [6.07, 6.45) is -3.76. The van der Waals surface area contributed by atoms with Gasteiger partial charge in [-0.25, -0.2) is 28.7 Å². The van der Waals surface area contributed by atoms with Gasteiger partial charge in [-0.2, -0.15) is 13.2 Å². The summed E-state index contributed by atoms with van der Waals surface area (Å²) in [5.74, 6) is -2.64. The number of aryl methyl sites for hydroxylation is 2. The number of hydrogen-bond acceptors (Lipinski definition) is 5. The van der Waals surface area contributed by atoms with Gasteiger partial charge in [-0.15, -0.1) is 0 Å². The van der Waals surface area contributed by atoms with Crippen molar-refractivity contribution in [2.24, 2.45) is 0 Å². The lowest BCUT2D eigenvalue weighted by atomic mass is 9.98. The zero-order chi connectivity index (χ0) is 21.6. The first kappa shape index (κ1) is 20.5. The number of ether oxygens (including phenoxy) is 1. The van der Waals surface area contributed by atoms with Crippen LogP contribution in [0.4, 0.5) is 22.0 Å². The Morgan fingerprint density at radius 3 is 2.23 bits per heavy atom. The summed E-state index contributed by atoms with van der Waals surface area (Å²) in [4.78, 5) is 17.5. The van der Waals surface area contributed by atoms with Crippen molar-refractivity contribution in [2.75, 3.05) is 13.2 Å². The highest BCUT2D eigenvalue weighted by Gasteiger charge is 2.36. The van der Waals surface area contributed by atoms with Crippen LogP contribution in [0.3, 0.4) is 0 Å². The summed E-state index contributed by atoms with van der Waals surface area (Å²) < 4.78 is 73.5. The molecule has 1 aliphatic heterocycles. The van der Waals surface area contributed by atoms with Gasteiger partial charge in [-0.3, -0.25) is 0 Å². The summed E-state index contributed by atoms with van der Waals surface area (Å²) in [5, 5.41) is 0. The number of alkyl halides is 3. The van der Waals surface area contributed by atoms with Crippen LogP contribution in [-0.2, 0) is 10.9 Å². The van der Waals surface area contributed by atoms with Crippen LogP contribution in [0.1, 0.15) is 41.5 Å². The molecule has 1 aliphatic rings. The molecule has 1 fully saturated rings. The molecule has 0 spiro atoms. The van der Waals surface area contributed by atoms with E-state index in [9.17, 15) is 22.0 Å². The van der Waals surface area contributed by atoms with Crippen LogP contribution >= 0.6 is 0 Å². The average Bonchev–Trinajstić information content (AvgIpc) is 2.68. The molecule has 5 nitrogen and oxygen atoms in total.